The van der Waals surface area contributed by atoms with E-state index in [1.54, 1.807) is 0 Å². The SMILES string of the molecule is CC(C)Oc1ccccc1C(N)C1CCCC1. The lowest BCUT2D eigenvalue weighted by molar-refractivity contribution is 0.236. The summed E-state index contributed by atoms with van der Waals surface area (Å²) in [6.45, 7) is 4.11. The first-order valence-electron chi connectivity index (χ1n) is 6.69. The van der Waals surface area contributed by atoms with Crippen LogP contribution >= 0.6 is 0 Å². The van der Waals surface area contributed by atoms with Gasteiger partial charge in [-0.05, 0) is 38.7 Å². The van der Waals surface area contributed by atoms with E-state index in [1.807, 2.05) is 12.1 Å². The fraction of sp³-hybridized carbons (Fsp3) is 0.600. The lowest BCUT2D eigenvalue weighted by Gasteiger charge is -2.23. The van der Waals surface area contributed by atoms with E-state index in [-0.39, 0.29) is 12.1 Å². The average molecular weight is 233 g/mol. The Bertz CT molecular complexity index is 356. The predicted molar refractivity (Wildman–Crippen MR) is 71.1 cm³/mol. The second kappa shape index (κ2) is 5.54. The summed E-state index contributed by atoms with van der Waals surface area (Å²) >= 11 is 0. The molecule has 0 aliphatic heterocycles. The Balaban J connectivity index is 2.18. The van der Waals surface area contributed by atoms with Crippen LogP contribution in [0.1, 0.15) is 51.1 Å². The maximum atomic E-state index is 6.40. The number of para-hydroxylation sites is 1. The highest BCUT2D eigenvalue weighted by Crippen LogP contribution is 2.37. The molecular formula is C15H23NO. The van der Waals surface area contributed by atoms with Gasteiger partial charge in [0, 0.05) is 11.6 Å². The Morgan fingerprint density at radius 1 is 1.18 bits per heavy atom. The van der Waals surface area contributed by atoms with Crippen LogP contribution < -0.4 is 10.5 Å². The highest BCUT2D eigenvalue weighted by Gasteiger charge is 2.25. The van der Waals surface area contributed by atoms with Crippen LogP contribution in [-0.2, 0) is 0 Å². The summed E-state index contributed by atoms with van der Waals surface area (Å²) in [6.07, 6.45) is 5.37. The second-order valence-corrected chi connectivity index (χ2v) is 5.27. The molecule has 2 rings (SSSR count). The molecule has 0 spiro atoms. The molecule has 0 heterocycles. The van der Waals surface area contributed by atoms with Crippen molar-refractivity contribution in [2.75, 3.05) is 0 Å². The third-order valence-corrected chi connectivity index (χ3v) is 3.55. The van der Waals surface area contributed by atoms with Crippen LogP contribution in [0.25, 0.3) is 0 Å². The minimum atomic E-state index is 0.132. The van der Waals surface area contributed by atoms with Crippen molar-refractivity contribution in [3.8, 4) is 5.75 Å². The zero-order valence-corrected chi connectivity index (χ0v) is 10.9. The fourth-order valence-corrected chi connectivity index (χ4v) is 2.69. The number of hydrogen-bond donors (Lipinski definition) is 1. The van der Waals surface area contributed by atoms with Crippen molar-refractivity contribution < 1.29 is 4.74 Å². The summed E-state index contributed by atoms with van der Waals surface area (Å²) in [6, 6.07) is 8.34. The van der Waals surface area contributed by atoms with Gasteiger partial charge in [0.2, 0.25) is 0 Å². The van der Waals surface area contributed by atoms with Crippen molar-refractivity contribution in [2.24, 2.45) is 11.7 Å². The van der Waals surface area contributed by atoms with Crippen molar-refractivity contribution in [1.82, 2.24) is 0 Å². The Labute approximate surface area is 104 Å². The lowest BCUT2D eigenvalue weighted by Crippen LogP contribution is -2.20. The molecule has 1 aromatic rings. The number of rotatable bonds is 4. The van der Waals surface area contributed by atoms with Crippen LogP contribution in [0.15, 0.2) is 24.3 Å². The molecule has 1 saturated carbocycles. The minimum absolute atomic E-state index is 0.132. The zero-order chi connectivity index (χ0) is 12.3. The van der Waals surface area contributed by atoms with Gasteiger partial charge in [0.25, 0.3) is 0 Å². The minimum Gasteiger partial charge on any atom is -0.491 e. The number of hydrogen-bond acceptors (Lipinski definition) is 2. The lowest BCUT2D eigenvalue weighted by atomic mass is 9.92. The van der Waals surface area contributed by atoms with Gasteiger partial charge in [-0.25, -0.2) is 0 Å². The van der Waals surface area contributed by atoms with Gasteiger partial charge in [-0.3, -0.25) is 0 Å². The summed E-state index contributed by atoms with van der Waals surface area (Å²) in [7, 11) is 0. The van der Waals surface area contributed by atoms with Crippen molar-refractivity contribution in [2.45, 2.75) is 51.7 Å². The summed E-state index contributed by atoms with van der Waals surface area (Å²) in [4.78, 5) is 0. The molecule has 0 amide bonds. The van der Waals surface area contributed by atoms with Crippen LogP contribution in [-0.4, -0.2) is 6.10 Å². The summed E-state index contributed by atoms with van der Waals surface area (Å²) in [5.74, 6) is 1.59. The Hall–Kier alpha value is -1.02. The van der Waals surface area contributed by atoms with Crippen LogP contribution in [0.3, 0.4) is 0 Å². The molecule has 2 N–H and O–H groups in total. The van der Waals surface area contributed by atoms with Crippen LogP contribution in [0, 0.1) is 5.92 Å². The highest BCUT2D eigenvalue weighted by atomic mass is 16.5. The van der Waals surface area contributed by atoms with Gasteiger partial charge in [-0.1, -0.05) is 31.0 Å². The summed E-state index contributed by atoms with van der Waals surface area (Å²) in [5.41, 5.74) is 7.57. The quantitative estimate of drug-likeness (QED) is 0.861. The molecule has 1 aliphatic rings. The third kappa shape index (κ3) is 3.01. The Morgan fingerprint density at radius 3 is 2.47 bits per heavy atom. The van der Waals surface area contributed by atoms with Gasteiger partial charge < -0.3 is 10.5 Å². The molecule has 0 bridgehead atoms. The van der Waals surface area contributed by atoms with E-state index >= 15 is 0 Å². The number of ether oxygens (including phenoxy) is 1. The third-order valence-electron chi connectivity index (χ3n) is 3.55. The van der Waals surface area contributed by atoms with Gasteiger partial charge in [0.1, 0.15) is 5.75 Å². The van der Waals surface area contributed by atoms with Gasteiger partial charge >= 0.3 is 0 Å². The maximum absolute atomic E-state index is 6.40. The molecule has 1 aromatic carbocycles. The summed E-state index contributed by atoms with van der Waals surface area (Å²) in [5, 5.41) is 0. The van der Waals surface area contributed by atoms with E-state index in [1.165, 1.54) is 31.2 Å². The van der Waals surface area contributed by atoms with Crippen molar-refractivity contribution in [1.29, 1.82) is 0 Å². The largest absolute Gasteiger partial charge is 0.491 e. The average Bonchev–Trinajstić information content (AvgIpc) is 2.81. The monoisotopic (exact) mass is 233 g/mol. The van der Waals surface area contributed by atoms with Crippen molar-refractivity contribution >= 4 is 0 Å². The molecule has 1 atom stereocenters. The summed E-state index contributed by atoms with van der Waals surface area (Å²) < 4.78 is 5.85. The predicted octanol–water partition coefficient (Wildman–Crippen LogP) is 3.66. The van der Waals surface area contributed by atoms with Crippen LogP contribution in [0.5, 0.6) is 5.75 Å². The van der Waals surface area contributed by atoms with E-state index < -0.39 is 0 Å². The smallest absolute Gasteiger partial charge is 0.124 e. The van der Waals surface area contributed by atoms with E-state index in [4.69, 9.17) is 10.5 Å². The molecule has 0 saturated heterocycles. The Morgan fingerprint density at radius 2 is 1.82 bits per heavy atom. The second-order valence-electron chi connectivity index (χ2n) is 5.27. The van der Waals surface area contributed by atoms with E-state index in [0.717, 1.165) is 5.75 Å². The van der Waals surface area contributed by atoms with Gasteiger partial charge in [0.15, 0.2) is 0 Å². The van der Waals surface area contributed by atoms with Crippen LogP contribution in [0.2, 0.25) is 0 Å². The van der Waals surface area contributed by atoms with Crippen molar-refractivity contribution in [3.63, 3.8) is 0 Å². The van der Waals surface area contributed by atoms with Gasteiger partial charge in [-0.15, -0.1) is 0 Å². The fourth-order valence-electron chi connectivity index (χ4n) is 2.69. The molecule has 1 unspecified atom stereocenters. The van der Waals surface area contributed by atoms with Crippen molar-refractivity contribution in [3.05, 3.63) is 29.8 Å². The molecule has 17 heavy (non-hydrogen) atoms. The standard InChI is InChI=1S/C15H23NO/c1-11(2)17-14-10-6-5-9-13(14)15(16)12-7-3-4-8-12/h5-6,9-12,15H,3-4,7-8,16H2,1-2H3. The first-order valence-corrected chi connectivity index (χ1v) is 6.69. The molecule has 2 nitrogen and oxygen atoms in total. The first-order chi connectivity index (χ1) is 8.18. The maximum Gasteiger partial charge on any atom is 0.124 e. The highest BCUT2D eigenvalue weighted by molar-refractivity contribution is 5.36. The van der Waals surface area contributed by atoms with E-state index in [2.05, 4.69) is 26.0 Å². The van der Waals surface area contributed by atoms with Crippen LogP contribution in [0.4, 0.5) is 0 Å². The van der Waals surface area contributed by atoms with Gasteiger partial charge in [0.05, 0.1) is 6.10 Å². The first kappa shape index (κ1) is 12.4. The molecule has 1 aliphatic carbocycles. The topological polar surface area (TPSA) is 35.2 Å². The normalized spacial score (nSPS) is 18.6. The number of benzene rings is 1. The molecule has 0 aromatic heterocycles. The van der Waals surface area contributed by atoms with E-state index in [0.29, 0.717) is 5.92 Å². The molecule has 2 heteroatoms. The zero-order valence-electron chi connectivity index (χ0n) is 10.9. The Kier molecular flexibility index (Phi) is 4.06. The molecule has 94 valence electrons. The van der Waals surface area contributed by atoms with Gasteiger partial charge in [-0.2, -0.15) is 0 Å². The molecule has 1 fully saturated rings. The van der Waals surface area contributed by atoms with E-state index in [9.17, 15) is 0 Å². The molecular weight excluding hydrogens is 210 g/mol. The number of nitrogens with two attached hydrogens (primary N) is 1. The molecule has 0 radical (unpaired) electrons.